The van der Waals surface area contributed by atoms with Gasteiger partial charge >= 0.3 is 0 Å². The van der Waals surface area contributed by atoms with Gasteiger partial charge in [-0.15, -0.1) is 11.3 Å². The van der Waals surface area contributed by atoms with Crippen molar-refractivity contribution in [1.29, 1.82) is 0 Å². The van der Waals surface area contributed by atoms with Crippen LogP contribution in [0.2, 0.25) is 0 Å². The zero-order chi connectivity index (χ0) is 26.4. The molecule has 1 aliphatic carbocycles. The van der Waals surface area contributed by atoms with Crippen molar-refractivity contribution in [2.24, 2.45) is 0 Å². The van der Waals surface area contributed by atoms with Gasteiger partial charge in [-0.25, -0.2) is 0 Å². The standard InChI is InChI=1S/C38H24OS/c1-23-20-28(24-18-19-36-29(22-24)27-12-4-9-17-35(27)40-36)37-33(21-23)38(32-15-7-8-16-34(32)39-37)30-13-5-2-10-25(30)26-11-3-6-14-31(26)38/h2-22H,1H3. The summed E-state index contributed by atoms with van der Waals surface area (Å²) >= 11 is 1.86. The highest BCUT2D eigenvalue weighted by Gasteiger charge is 2.51. The molecule has 188 valence electrons. The first-order valence-electron chi connectivity index (χ1n) is 13.8. The highest BCUT2D eigenvalue weighted by atomic mass is 32.1. The molecule has 1 nitrogen and oxygen atoms in total. The number of aryl methyl sites for hydroxylation is 1. The van der Waals surface area contributed by atoms with Crippen LogP contribution in [0.5, 0.6) is 11.5 Å². The minimum absolute atomic E-state index is 0.447. The maximum Gasteiger partial charge on any atom is 0.140 e. The van der Waals surface area contributed by atoms with E-state index in [-0.39, 0.29) is 0 Å². The van der Waals surface area contributed by atoms with Crippen molar-refractivity contribution in [3.63, 3.8) is 0 Å². The van der Waals surface area contributed by atoms with Crippen molar-refractivity contribution >= 4 is 31.5 Å². The third-order valence-electron chi connectivity index (χ3n) is 8.78. The molecule has 2 heteroatoms. The number of thiophene rings is 1. The first-order chi connectivity index (χ1) is 19.7. The van der Waals surface area contributed by atoms with Gasteiger partial charge in [-0.05, 0) is 70.6 Å². The minimum atomic E-state index is -0.447. The van der Waals surface area contributed by atoms with E-state index in [1.54, 1.807) is 0 Å². The van der Waals surface area contributed by atoms with Crippen molar-refractivity contribution in [3.8, 4) is 33.8 Å². The summed E-state index contributed by atoms with van der Waals surface area (Å²) in [6.07, 6.45) is 0. The van der Waals surface area contributed by atoms with Crippen molar-refractivity contribution < 1.29 is 4.74 Å². The Morgan fingerprint density at radius 1 is 0.525 bits per heavy atom. The van der Waals surface area contributed by atoms with Crippen molar-refractivity contribution in [2.45, 2.75) is 12.3 Å². The van der Waals surface area contributed by atoms with Gasteiger partial charge in [0.15, 0.2) is 0 Å². The van der Waals surface area contributed by atoms with E-state index in [4.69, 9.17) is 4.74 Å². The molecule has 2 aliphatic rings. The lowest BCUT2D eigenvalue weighted by Crippen LogP contribution is -2.32. The van der Waals surface area contributed by atoms with Gasteiger partial charge in [-0.3, -0.25) is 0 Å². The van der Waals surface area contributed by atoms with E-state index in [2.05, 4.69) is 134 Å². The third-order valence-corrected chi connectivity index (χ3v) is 9.93. The molecule has 0 radical (unpaired) electrons. The molecule has 7 aromatic rings. The minimum Gasteiger partial charge on any atom is -0.456 e. The lowest BCUT2D eigenvalue weighted by Gasteiger charge is -2.40. The zero-order valence-electron chi connectivity index (χ0n) is 21.9. The molecule has 0 unspecified atom stereocenters. The molecule has 0 saturated carbocycles. The zero-order valence-corrected chi connectivity index (χ0v) is 22.8. The summed E-state index contributed by atoms with van der Waals surface area (Å²) in [6.45, 7) is 2.21. The maximum absolute atomic E-state index is 6.92. The normalized spacial score (nSPS) is 14.0. The van der Waals surface area contributed by atoms with E-state index < -0.39 is 5.41 Å². The fourth-order valence-corrected chi connectivity index (χ4v) is 8.29. The van der Waals surface area contributed by atoms with E-state index in [9.17, 15) is 0 Å². The molecule has 0 amide bonds. The molecular formula is C38H24OS. The summed E-state index contributed by atoms with van der Waals surface area (Å²) in [5.74, 6) is 1.88. The van der Waals surface area contributed by atoms with Crippen LogP contribution >= 0.6 is 11.3 Å². The number of ether oxygens (including phenoxy) is 1. The summed E-state index contributed by atoms with van der Waals surface area (Å²) in [7, 11) is 0. The Hall–Kier alpha value is -4.66. The van der Waals surface area contributed by atoms with Gasteiger partial charge in [0, 0.05) is 36.9 Å². The number of para-hydroxylation sites is 1. The molecule has 0 saturated heterocycles. The van der Waals surface area contributed by atoms with Crippen LogP contribution in [0.15, 0.2) is 127 Å². The van der Waals surface area contributed by atoms with Crippen LogP contribution in [-0.4, -0.2) is 0 Å². The van der Waals surface area contributed by atoms with Crippen LogP contribution in [-0.2, 0) is 5.41 Å². The summed E-state index contributed by atoms with van der Waals surface area (Å²) in [4.78, 5) is 0. The number of benzene rings is 6. The molecule has 40 heavy (non-hydrogen) atoms. The molecular weight excluding hydrogens is 504 g/mol. The second kappa shape index (κ2) is 7.94. The van der Waals surface area contributed by atoms with Gasteiger partial charge in [0.05, 0.1) is 5.41 Å². The van der Waals surface area contributed by atoms with E-state index >= 15 is 0 Å². The van der Waals surface area contributed by atoms with Gasteiger partial charge in [-0.2, -0.15) is 0 Å². The lowest BCUT2D eigenvalue weighted by atomic mass is 9.65. The molecule has 0 fully saturated rings. The number of hydrogen-bond donors (Lipinski definition) is 0. The van der Waals surface area contributed by atoms with Crippen molar-refractivity contribution in [3.05, 3.63) is 155 Å². The van der Waals surface area contributed by atoms with E-state index in [0.717, 1.165) is 17.1 Å². The number of rotatable bonds is 1. The highest BCUT2D eigenvalue weighted by molar-refractivity contribution is 7.25. The topological polar surface area (TPSA) is 9.23 Å². The quantitative estimate of drug-likeness (QED) is 0.206. The fraction of sp³-hybridized carbons (Fsp3) is 0.0526. The first-order valence-corrected chi connectivity index (χ1v) is 14.6. The van der Waals surface area contributed by atoms with E-state index in [1.165, 1.54) is 64.7 Å². The van der Waals surface area contributed by atoms with Crippen LogP contribution in [0, 0.1) is 6.92 Å². The Morgan fingerprint density at radius 3 is 1.98 bits per heavy atom. The first kappa shape index (κ1) is 22.2. The highest BCUT2D eigenvalue weighted by Crippen LogP contribution is 2.63. The van der Waals surface area contributed by atoms with Crippen LogP contribution in [0.3, 0.4) is 0 Å². The Balaban J connectivity index is 1.40. The smallest absolute Gasteiger partial charge is 0.140 e. The fourth-order valence-electron chi connectivity index (χ4n) is 7.21. The summed E-state index contributed by atoms with van der Waals surface area (Å²) in [5, 5.41) is 2.61. The average Bonchev–Trinajstić information content (AvgIpc) is 3.51. The van der Waals surface area contributed by atoms with Crippen molar-refractivity contribution in [2.75, 3.05) is 0 Å². The van der Waals surface area contributed by atoms with Gasteiger partial charge in [-0.1, -0.05) is 97.1 Å². The molecule has 2 heterocycles. The molecule has 0 bridgehead atoms. The van der Waals surface area contributed by atoms with E-state index in [1.807, 2.05) is 11.3 Å². The van der Waals surface area contributed by atoms with Gasteiger partial charge in [0.25, 0.3) is 0 Å². The SMILES string of the molecule is Cc1cc(-c2ccc3sc4ccccc4c3c2)c2c(c1)C1(c3ccccc3O2)c2ccccc2-c2ccccc21. The lowest BCUT2D eigenvalue weighted by molar-refractivity contribution is 0.438. The average molecular weight is 529 g/mol. The van der Waals surface area contributed by atoms with Crippen LogP contribution in [0.1, 0.15) is 27.8 Å². The number of hydrogen-bond acceptors (Lipinski definition) is 2. The maximum atomic E-state index is 6.92. The van der Waals surface area contributed by atoms with Gasteiger partial charge in [0.2, 0.25) is 0 Å². The molecule has 1 aromatic heterocycles. The Bertz CT molecular complexity index is 2120. The number of fused-ring (bicyclic) bond motifs is 12. The summed E-state index contributed by atoms with van der Waals surface area (Å²) in [5.41, 5.74) is 10.8. The molecule has 1 aliphatic heterocycles. The summed E-state index contributed by atoms with van der Waals surface area (Å²) < 4.78 is 9.55. The molecule has 6 aromatic carbocycles. The molecule has 0 atom stereocenters. The second-order valence-corrected chi connectivity index (χ2v) is 12.0. The monoisotopic (exact) mass is 528 g/mol. The Labute approximate surface area is 236 Å². The second-order valence-electron chi connectivity index (χ2n) is 10.9. The largest absolute Gasteiger partial charge is 0.456 e. The van der Waals surface area contributed by atoms with E-state index in [0.29, 0.717) is 0 Å². The van der Waals surface area contributed by atoms with Crippen LogP contribution < -0.4 is 4.74 Å². The van der Waals surface area contributed by atoms with Crippen LogP contribution in [0.25, 0.3) is 42.4 Å². The Morgan fingerprint density at radius 2 is 1.18 bits per heavy atom. The summed E-state index contributed by atoms with van der Waals surface area (Å²) in [6, 6.07) is 46.7. The molecule has 9 rings (SSSR count). The van der Waals surface area contributed by atoms with Crippen LogP contribution in [0.4, 0.5) is 0 Å². The van der Waals surface area contributed by atoms with Gasteiger partial charge < -0.3 is 4.74 Å². The Kier molecular flexibility index (Phi) is 4.40. The van der Waals surface area contributed by atoms with Crippen molar-refractivity contribution in [1.82, 2.24) is 0 Å². The molecule has 1 spiro atoms. The molecule has 0 N–H and O–H groups in total. The predicted octanol–water partition coefficient (Wildman–Crippen LogP) is 10.5. The van der Waals surface area contributed by atoms with Gasteiger partial charge in [0.1, 0.15) is 11.5 Å². The predicted molar refractivity (Wildman–Crippen MR) is 167 cm³/mol. The third kappa shape index (κ3) is 2.76.